The average Bonchev–Trinajstić information content (AvgIpc) is 2.90. The maximum Gasteiger partial charge on any atom is 0.297 e. The van der Waals surface area contributed by atoms with Crippen molar-refractivity contribution < 1.29 is 36.7 Å². The molecule has 0 bridgehead atoms. The molecule has 0 spiro atoms. The molecule has 3 aromatic rings. The van der Waals surface area contributed by atoms with Gasteiger partial charge in [0.25, 0.3) is 10.1 Å². The molecule has 36 heavy (non-hydrogen) atoms. The maximum atomic E-state index is 13.1. The van der Waals surface area contributed by atoms with Crippen LogP contribution in [0.5, 0.6) is 0 Å². The molecule has 1 N–H and O–H groups in total. The van der Waals surface area contributed by atoms with Crippen LogP contribution in [0.3, 0.4) is 0 Å². The van der Waals surface area contributed by atoms with E-state index in [9.17, 15) is 13.5 Å². The minimum atomic E-state index is -4.24. The van der Waals surface area contributed by atoms with Crippen molar-refractivity contribution in [3.05, 3.63) is 102 Å². The summed E-state index contributed by atoms with van der Waals surface area (Å²) in [6.07, 6.45) is -6.21. The molecule has 6 atom stereocenters. The van der Waals surface area contributed by atoms with Gasteiger partial charge in [0.15, 0.2) is 18.7 Å². The second-order valence-electron chi connectivity index (χ2n) is 8.83. The van der Waals surface area contributed by atoms with Crippen LogP contribution in [0, 0.1) is 6.92 Å². The van der Waals surface area contributed by atoms with Crippen LogP contribution in [0.15, 0.2) is 89.8 Å². The predicted octanol–water partition coefficient (Wildman–Crippen LogP) is 3.49. The Morgan fingerprint density at radius 3 is 2.28 bits per heavy atom. The van der Waals surface area contributed by atoms with E-state index in [2.05, 4.69) is 0 Å². The molecule has 9 heteroatoms. The van der Waals surface area contributed by atoms with Crippen LogP contribution < -0.4 is 0 Å². The number of hydrogen-bond donors (Lipinski definition) is 1. The molecule has 3 aromatic carbocycles. The number of fused-ring (bicyclic) bond motifs is 1. The lowest BCUT2D eigenvalue weighted by Crippen LogP contribution is -2.63. The standard InChI is InChI=1S/C27H28O8S/c1-18-12-14-21(15-13-18)36(29,30)35-25-23(28)24-22(17-32-26(34-24)20-10-6-3-7-11-20)33-27(25)31-16-19-8-4-2-5-9-19/h2-15,22-28H,16-17H2,1H3/t22-,23+,24-,25-,26?,27+/m1/s1. The van der Waals surface area contributed by atoms with Crippen LogP contribution in [0.2, 0.25) is 0 Å². The highest BCUT2D eigenvalue weighted by molar-refractivity contribution is 7.86. The summed E-state index contributed by atoms with van der Waals surface area (Å²) in [6, 6.07) is 24.9. The minimum absolute atomic E-state index is 0.0284. The van der Waals surface area contributed by atoms with Crippen molar-refractivity contribution in [2.75, 3.05) is 6.61 Å². The van der Waals surface area contributed by atoms with Crippen molar-refractivity contribution in [2.24, 2.45) is 0 Å². The lowest BCUT2D eigenvalue weighted by Gasteiger charge is -2.47. The van der Waals surface area contributed by atoms with Crippen molar-refractivity contribution in [3.8, 4) is 0 Å². The van der Waals surface area contributed by atoms with Gasteiger partial charge in [-0.2, -0.15) is 8.42 Å². The first-order chi connectivity index (χ1) is 17.4. The number of benzene rings is 3. The lowest BCUT2D eigenvalue weighted by atomic mass is 9.98. The van der Waals surface area contributed by atoms with Gasteiger partial charge in [-0.05, 0) is 24.6 Å². The summed E-state index contributed by atoms with van der Waals surface area (Å²) in [6.45, 7) is 2.12. The molecule has 2 heterocycles. The smallest absolute Gasteiger partial charge is 0.297 e. The Balaban J connectivity index is 1.39. The van der Waals surface area contributed by atoms with Crippen LogP contribution in [-0.4, -0.2) is 50.8 Å². The largest absolute Gasteiger partial charge is 0.387 e. The molecule has 190 valence electrons. The van der Waals surface area contributed by atoms with E-state index >= 15 is 0 Å². The molecule has 0 aliphatic carbocycles. The fourth-order valence-corrected chi connectivity index (χ4v) is 5.32. The second kappa shape index (κ2) is 10.8. The highest BCUT2D eigenvalue weighted by atomic mass is 32.2. The van der Waals surface area contributed by atoms with Crippen LogP contribution >= 0.6 is 0 Å². The summed E-state index contributed by atoms with van der Waals surface area (Å²) in [4.78, 5) is -0.0284. The molecular formula is C27H28O8S. The summed E-state index contributed by atoms with van der Waals surface area (Å²) in [5.74, 6) is 0. The number of aliphatic hydroxyl groups is 1. The molecular weight excluding hydrogens is 484 g/mol. The summed E-state index contributed by atoms with van der Waals surface area (Å²) in [7, 11) is -4.24. The lowest BCUT2D eigenvalue weighted by molar-refractivity contribution is -0.359. The first-order valence-corrected chi connectivity index (χ1v) is 13.1. The van der Waals surface area contributed by atoms with Gasteiger partial charge in [-0.1, -0.05) is 78.4 Å². The van der Waals surface area contributed by atoms with Crippen LogP contribution in [0.4, 0.5) is 0 Å². The highest BCUT2D eigenvalue weighted by Gasteiger charge is 2.52. The van der Waals surface area contributed by atoms with Gasteiger partial charge in [-0.25, -0.2) is 0 Å². The molecule has 1 unspecified atom stereocenters. The summed E-state index contributed by atoms with van der Waals surface area (Å²) >= 11 is 0. The Morgan fingerprint density at radius 1 is 0.917 bits per heavy atom. The van der Waals surface area contributed by atoms with E-state index < -0.39 is 47.1 Å². The number of aliphatic hydroxyl groups excluding tert-OH is 1. The van der Waals surface area contributed by atoms with Gasteiger partial charge in [-0.3, -0.25) is 4.18 Å². The Kier molecular flexibility index (Phi) is 7.49. The van der Waals surface area contributed by atoms with Gasteiger partial charge in [0.1, 0.15) is 18.3 Å². The zero-order chi connectivity index (χ0) is 25.1. The predicted molar refractivity (Wildman–Crippen MR) is 129 cm³/mol. The number of rotatable bonds is 7. The Hall–Kier alpha value is -2.63. The van der Waals surface area contributed by atoms with Crippen molar-refractivity contribution in [1.29, 1.82) is 0 Å². The Bertz CT molecular complexity index is 1230. The van der Waals surface area contributed by atoms with E-state index in [1.165, 1.54) is 12.1 Å². The zero-order valence-electron chi connectivity index (χ0n) is 19.7. The van der Waals surface area contributed by atoms with Crippen molar-refractivity contribution in [3.63, 3.8) is 0 Å². The van der Waals surface area contributed by atoms with Gasteiger partial charge in [0, 0.05) is 5.56 Å². The zero-order valence-corrected chi connectivity index (χ0v) is 20.5. The number of aryl methyl sites for hydroxylation is 1. The fraction of sp³-hybridized carbons (Fsp3) is 0.333. The molecule has 2 saturated heterocycles. The molecule has 0 amide bonds. The molecule has 2 fully saturated rings. The normalized spacial score (nSPS) is 28.4. The van der Waals surface area contributed by atoms with Gasteiger partial charge in [-0.15, -0.1) is 0 Å². The van der Waals surface area contributed by atoms with Crippen LogP contribution in [-0.2, 0) is 39.9 Å². The second-order valence-corrected chi connectivity index (χ2v) is 10.4. The van der Waals surface area contributed by atoms with E-state index in [1.807, 2.05) is 67.6 Å². The molecule has 2 aliphatic rings. The third kappa shape index (κ3) is 5.52. The van der Waals surface area contributed by atoms with Crippen molar-refractivity contribution in [1.82, 2.24) is 0 Å². The van der Waals surface area contributed by atoms with Gasteiger partial charge in [0.2, 0.25) is 0 Å². The van der Waals surface area contributed by atoms with Crippen molar-refractivity contribution >= 4 is 10.1 Å². The first-order valence-electron chi connectivity index (χ1n) is 11.7. The maximum absolute atomic E-state index is 13.1. The van der Waals surface area contributed by atoms with Gasteiger partial charge in [0.05, 0.1) is 18.1 Å². The molecule has 0 saturated carbocycles. The first kappa shape index (κ1) is 25.0. The minimum Gasteiger partial charge on any atom is -0.387 e. The van der Waals surface area contributed by atoms with Crippen LogP contribution in [0.1, 0.15) is 23.0 Å². The Labute approximate surface area is 210 Å². The summed E-state index contributed by atoms with van der Waals surface area (Å²) < 4.78 is 55.6. The highest BCUT2D eigenvalue weighted by Crippen LogP contribution is 2.36. The molecule has 8 nitrogen and oxygen atoms in total. The average molecular weight is 513 g/mol. The van der Waals surface area contributed by atoms with Gasteiger partial charge >= 0.3 is 0 Å². The van der Waals surface area contributed by atoms with Gasteiger partial charge < -0.3 is 24.1 Å². The van der Waals surface area contributed by atoms with Crippen LogP contribution in [0.25, 0.3) is 0 Å². The topological polar surface area (TPSA) is 101 Å². The SMILES string of the molecule is Cc1ccc(S(=O)(=O)O[C@H]2[C@@H](OCc3ccccc3)O[C@@H]3COC(c4ccccc4)O[C@H]3[C@@H]2O)cc1. The van der Waals surface area contributed by atoms with E-state index in [4.69, 9.17) is 23.1 Å². The third-order valence-corrected chi connectivity index (χ3v) is 7.51. The van der Waals surface area contributed by atoms with E-state index in [0.29, 0.717) is 0 Å². The quantitative estimate of drug-likeness (QED) is 0.481. The molecule has 2 aliphatic heterocycles. The summed E-state index contributed by atoms with van der Waals surface area (Å²) in [5.41, 5.74) is 2.54. The summed E-state index contributed by atoms with van der Waals surface area (Å²) in [5, 5.41) is 11.3. The van der Waals surface area contributed by atoms with Crippen molar-refractivity contribution in [2.45, 2.75) is 55.4 Å². The van der Waals surface area contributed by atoms with E-state index in [-0.39, 0.29) is 18.1 Å². The fourth-order valence-electron chi connectivity index (χ4n) is 4.24. The molecule has 5 rings (SSSR count). The van der Waals surface area contributed by atoms with E-state index in [1.54, 1.807) is 12.1 Å². The Morgan fingerprint density at radius 2 is 1.58 bits per heavy atom. The monoisotopic (exact) mass is 512 g/mol. The third-order valence-electron chi connectivity index (χ3n) is 6.19. The number of hydrogen-bond acceptors (Lipinski definition) is 8. The molecule has 0 radical (unpaired) electrons. The number of ether oxygens (including phenoxy) is 4. The molecule has 0 aromatic heterocycles. The van der Waals surface area contributed by atoms with E-state index in [0.717, 1.165) is 16.7 Å².